The van der Waals surface area contributed by atoms with Crippen molar-refractivity contribution in [3.63, 3.8) is 0 Å². The van der Waals surface area contributed by atoms with Crippen LogP contribution in [0.2, 0.25) is 0 Å². The predicted molar refractivity (Wildman–Crippen MR) is 36.2 cm³/mol. The smallest absolute Gasteiger partial charge is 0.282 e. The van der Waals surface area contributed by atoms with Crippen LogP contribution in [-0.2, 0) is 29.6 Å². The number of halogens is 1. The first kappa shape index (κ1) is 11.7. The van der Waals surface area contributed by atoms with Gasteiger partial charge >= 0.3 is 0 Å². The van der Waals surface area contributed by atoms with E-state index in [1.165, 1.54) is 0 Å². The van der Waals surface area contributed by atoms with Gasteiger partial charge < -0.3 is 0 Å². The summed E-state index contributed by atoms with van der Waals surface area (Å²) in [5, 5.41) is 0. The molecule has 0 amide bonds. The molecule has 3 nitrogen and oxygen atoms in total. The van der Waals surface area contributed by atoms with Crippen LogP contribution in [-0.4, -0.2) is 13.0 Å². The number of hydrogen-bond donors (Lipinski definition) is 1. The van der Waals surface area contributed by atoms with E-state index in [1.54, 1.807) is 0 Å². The Morgan fingerprint density at radius 1 is 1.17 bits per heavy atom. The molecule has 12 heavy (non-hydrogen) atoms. The maximum absolute atomic E-state index is 12.2. The van der Waals surface area contributed by atoms with Crippen molar-refractivity contribution in [2.45, 2.75) is 4.90 Å². The van der Waals surface area contributed by atoms with Crippen molar-refractivity contribution in [1.82, 2.24) is 0 Å². The molecule has 0 aliphatic rings. The molecule has 0 aliphatic carbocycles. The molecular weight excluding hydrogens is 237 g/mol. The molecule has 1 aromatic rings. The van der Waals surface area contributed by atoms with Crippen molar-refractivity contribution >= 4 is 10.1 Å². The molecule has 0 radical (unpaired) electrons. The Hall–Kier alpha value is -0.317. The summed E-state index contributed by atoms with van der Waals surface area (Å²) >= 11 is 0. The van der Waals surface area contributed by atoms with Crippen LogP contribution in [0.5, 0.6) is 0 Å². The first-order valence-corrected chi connectivity index (χ1v) is 4.17. The zero-order chi connectivity index (χ0) is 8.48. The summed E-state index contributed by atoms with van der Waals surface area (Å²) in [6.45, 7) is 0. The molecule has 1 aromatic carbocycles. The summed E-state index contributed by atoms with van der Waals surface area (Å²) in [6.07, 6.45) is 0. The Bertz CT molecular complexity index is 346. The van der Waals surface area contributed by atoms with E-state index in [0.29, 0.717) is 0 Å². The van der Waals surface area contributed by atoms with Crippen LogP contribution in [0.4, 0.5) is 4.39 Å². The molecule has 0 fully saturated rings. The first-order chi connectivity index (χ1) is 5.00. The number of hydrogen-bond acceptors (Lipinski definition) is 2. The fraction of sp³-hybridized carbons (Fsp3) is 0. The van der Waals surface area contributed by atoms with Crippen molar-refractivity contribution in [3.8, 4) is 0 Å². The Morgan fingerprint density at radius 3 is 1.92 bits per heavy atom. The van der Waals surface area contributed by atoms with E-state index in [2.05, 4.69) is 0 Å². The molecule has 0 aliphatic heterocycles. The Kier molecular flexibility index (Phi) is 3.97. The van der Waals surface area contributed by atoms with Crippen molar-refractivity contribution in [2.24, 2.45) is 0 Å². The molecule has 0 spiro atoms. The zero-order valence-electron chi connectivity index (χ0n) is 6.07. The first-order valence-electron chi connectivity index (χ1n) is 2.73. The average Bonchev–Trinajstić information content (AvgIpc) is 1.86. The van der Waals surface area contributed by atoms with Crippen LogP contribution in [0.25, 0.3) is 0 Å². The third-order valence-electron chi connectivity index (χ3n) is 1.11. The maximum Gasteiger partial charge on any atom is 0.294 e. The van der Waals surface area contributed by atoms with E-state index in [0.717, 1.165) is 24.3 Å². The third kappa shape index (κ3) is 2.97. The molecule has 1 rings (SSSR count). The van der Waals surface area contributed by atoms with Gasteiger partial charge in [0.1, 0.15) is 5.82 Å². The molecule has 1 N–H and O–H groups in total. The zero-order valence-corrected chi connectivity index (χ0v) is 9.85. The van der Waals surface area contributed by atoms with Crippen LogP contribution >= 0.6 is 0 Å². The average molecular weight is 242 g/mol. The minimum absolute atomic E-state index is 0. The molecule has 0 atom stereocenters. The van der Waals surface area contributed by atoms with Gasteiger partial charge in [0.2, 0.25) is 0 Å². The third-order valence-corrected chi connectivity index (χ3v) is 1.98. The molecule has 0 saturated heterocycles. The van der Waals surface area contributed by atoms with Crippen LogP contribution < -0.4 is 0 Å². The SMILES string of the molecule is O=S(=O)(O)c1ccc(F)cc1.[Zn]. The van der Waals surface area contributed by atoms with Crippen molar-refractivity contribution in [1.29, 1.82) is 0 Å². The van der Waals surface area contributed by atoms with Gasteiger partial charge in [-0.25, -0.2) is 4.39 Å². The number of rotatable bonds is 1. The van der Waals surface area contributed by atoms with Crippen LogP contribution in [0.1, 0.15) is 0 Å². The summed E-state index contributed by atoms with van der Waals surface area (Å²) < 4.78 is 41.4. The van der Waals surface area contributed by atoms with E-state index < -0.39 is 15.9 Å². The maximum atomic E-state index is 12.2. The Morgan fingerprint density at radius 2 is 1.58 bits per heavy atom. The van der Waals surface area contributed by atoms with Gasteiger partial charge in [-0.1, -0.05) is 0 Å². The second-order valence-corrected chi connectivity index (χ2v) is 3.35. The second-order valence-electron chi connectivity index (χ2n) is 1.93. The molecule has 0 heterocycles. The van der Waals surface area contributed by atoms with Gasteiger partial charge in [0, 0.05) is 19.5 Å². The van der Waals surface area contributed by atoms with Crippen molar-refractivity contribution in [3.05, 3.63) is 30.1 Å². The van der Waals surface area contributed by atoms with E-state index in [4.69, 9.17) is 4.55 Å². The fourth-order valence-corrected chi connectivity index (χ4v) is 1.09. The Balaban J connectivity index is 0.00000121. The number of benzene rings is 1. The van der Waals surface area contributed by atoms with E-state index in [9.17, 15) is 12.8 Å². The van der Waals surface area contributed by atoms with Crippen LogP contribution in [0, 0.1) is 5.82 Å². The molecule has 6 heteroatoms. The largest absolute Gasteiger partial charge is 0.294 e. The van der Waals surface area contributed by atoms with Gasteiger partial charge in [-0.3, -0.25) is 4.55 Å². The monoisotopic (exact) mass is 240 g/mol. The second kappa shape index (κ2) is 4.07. The van der Waals surface area contributed by atoms with E-state index in [1.807, 2.05) is 0 Å². The van der Waals surface area contributed by atoms with Gasteiger partial charge in [-0.15, -0.1) is 0 Å². The molecule has 0 aromatic heterocycles. The Labute approximate surface area is 82.1 Å². The molecule has 62 valence electrons. The van der Waals surface area contributed by atoms with E-state index in [-0.39, 0.29) is 24.4 Å². The minimum Gasteiger partial charge on any atom is -0.282 e. The van der Waals surface area contributed by atoms with Gasteiger partial charge in [0.25, 0.3) is 10.1 Å². The van der Waals surface area contributed by atoms with Crippen molar-refractivity contribution in [2.75, 3.05) is 0 Å². The van der Waals surface area contributed by atoms with Gasteiger partial charge in [0.05, 0.1) is 4.90 Å². The predicted octanol–water partition coefficient (Wildman–Crippen LogP) is 1.07. The topological polar surface area (TPSA) is 54.4 Å². The standard InChI is InChI=1S/C6H5FO3S.Zn/c7-5-1-3-6(4-2-5)11(8,9)10;/h1-4H,(H,8,9,10);. The molecule has 0 saturated carbocycles. The normalized spacial score (nSPS) is 10.5. The van der Waals surface area contributed by atoms with Crippen molar-refractivity contribution < 1.29 is 36.8 Å². The quantitative estimate of drug-likeness (QED) is 0.591. The molecule has 0 unspecified atom stereocenters. The van der Waals surface area contributed by atoms with Crippen LogP contribution in [0.3, 0.4) is 0 Å². The van der Waals surface area contributed by atoms with Gasteiger partial charge in [0.15, 0.2) is 0 Å². The van der Waals surface area contributed by atoms with E-state index >= 15 is 0 Å². The molecule has 0 bridgehead atoms. The summed E-state index contributed by atoms with van der Waals surface area (Å²) in [5.74, 6) is -0.544. The summed E-state index contributed by atoms with van der Waals surface area (Å²) in [6, 6.07) is 3.90. The van der Waals surface area contributed by atoms with Gasteiger partial charge in [-0.2, -0.15) is 8.42 Å². The summed E-state index contributed by atoms with van der Waals surface area (Å²) in [7, 11) is -4.19. The molecular formula is C6H5FO3SZn. The van der Waals surface area contributed by atoms with Crippen LogP contribution in [0.15, 0.2) is 29.2 Å². The summed E-state index contributed by atoms with van der Waals surface area (Å²) in [4.78, 5) is -0.307. The van der Waals surface area contributed by atoms with Gasteiger partial charge in [-0.05, 0) is 24.3 Å². The summed E-state index contributed by atoms with van der Waals surface area (Å²) in [5.41, 5.74) is 0. The fourth-order valence-electron chi connectivity index (χ4n) is 0.607. The minimum atomic E-state index is -4.19.